The molecule has 24 heavy (non-hydrogen) atoms. The Balaban J connectivity index is 1.92. The second-order valence-corrected chi connectivity index (χ2v) is 6.96. The number of aliphatic carboxylic acids is 1. The Labute approximate surface area is 150 Å². The second-order valence-electron chi connectivity index (χ2n) is 5.29. The Morgan fingerprint density at radius 3 is 2.62 bits per heavy atom. The summed E-state index contributed by atoms with van der Waals surface area (Å²) in [6.45, 7) is 0.512. The van der Waals surface area contributed by atoms with Crippen LogP contribution in [0.1, 0.15) is 31.2 Å². The van der Waals surface area contributed by atoms with E-state index in [1.54, 1.807) is 12.0 Å². The smallest absolute Gasteiger partial charge is 0.266 e. The molecule has 1 aliphatic rings. The van der Waals surface area contributed by atoms with Crippen molar-refractivity contribution in [1.82, 2.24) is 4.90 Å². The molecule has 0 atom stereocenters. The van der Waals surface area contributed by atoms with E-state index in [0.29, 0.717) is 22.2 Å². The summed E-state index contributed by atoms with van der Waals surface area (Å²) >= 11 is 6.56. The van der Waals surface area contributed by atoms with Crippen LogP contribution in [-0.4, -0.2) is 34.8 Å². The number of hydrogen-bond donors (Lipinski definition) is 0. The average Bonchev–Trinajstić information content (AvgIpc) is 2.82. The van der Waals surface area contributed by atoms with Crippen molar-refractivity contribution in [3.05, 3.63) is 34.7 Å². The van der Waals surface area contributed by atoms with Gasteiger partial charge in [0.15, 0.2) is 0 Å². The number of methoxy groups -OCH3 is 1. The van der Waals surface area contributed by atoms with Crippen LogP contribution in [0, 0.1) is 0 Å². The molecule has 0 radical (unpaired) electrons. The van der Waals surface area contributed by atoms with Gasteiger partial charge in [-0.2, -0.15) is 0 Å². The van der Waals surface area contributed by atoms with E-state index in [1.807, 2.05) is 30.3 Å². The molecule has 1 heterocycles. The summed E-state index contributed by atoms with van der Waals surface area (Å²) in [7, 11) is 1.60. The largest absolute Gasteiger partial charge is 0.550 e. The summed E-state index contributed by atoms with van der Waals surface area (Å²) in [6.07, 6.45) is 3.86. The minimum atomic E-state index is -1.04. The summed E-state index contributed by atoms with van der Waals surface area (Å²) in [6, 6.07) is 7.43. The lowest BCUT2D eigenvalue weighted by Gasteiger charge is -2.14. The molecule has 1 aromatic rings. The molecule has 0 saturated carbocycles. The maximum atomic E-state index is 12.4. The van der Waals surface area contributed by atoms with Gasteiger partial charge < -0.3 is 14.6 Å². The van der Waals surface area contributed by atoms with Crippen LogP contribution in [0.5, 0.6) is 5.75 Å². The van der Waals surface area contributed by atoms with Crippen LogP contribution in [0.15, 0.2) is 29.2 Å². The van der Waals surface area contributed by atoms with Gasteiger partial charge >= 0.3 is 0 Å². The van der Waals surface area contributed by atoms with Gasteiger partial charge in [0.2, 0.25) is 0 Å². The van der Waals surface area contributed by atoms with Crippen LogP contribution in [0.25, 0.3) is 6.08 Å². The zero-order chi connectivity index (χ0) is 17.5. The van der Waals surface area contributed by atoms with E-state index in [0.717, 1.165) is 24.2 Å². The number of nitrogens with zero attached hydrogens (tertiary/aromatic N) is 1. The number of carbonyl (C=O) groups excluding carboxylic acids is 2. The summed E-state index contributed by atoms with van der Waals surface area (Å²) in [5.41, 5.74) is 0.908. The van der Waals surface area contributed by atoms with Gasteiger partial charge in [0, 0.05) is 12.5 Å². The monoisotopic (exact) mass is 364 g/mol. The number of benzene rings is 1. The molecule has 128 valence electrons. The summed E-state index contributed by atoms with van der Waals surface area (Å²) in [5, 5.41) is 10.4. The molecule has 1 saturated heterocycles. The van der Waals surface area contributed by atoms with Gasteiger partial charge in [-0.15, -0.1) is 0 Å². The second kappa shape index (κ2) is 8.84. The highest BCUT2D eigenvalue weighted by Crippen LogP contribution is 2.33. The van der Waals surface area contributed by atoms with Crippen molar-refractivity contribution in [2.24, 2.45) is 0 Å². The SMILES string of the molecule is COc1ccc(C=C2SC(=S)N(CCCCCC(=O)[O-])C2=O)cc1. The highest BCUT2D eigenvalue weighted by atomic mass is 32.2. The van der Waals surface area contributed by atoms with Crippen molar-refractivity contribution in [2.45, 2.75) is 25.7 Å². The quantitative estimate of drug-likeness (QED) is 0.400. The molecular formula is C17H18NO4S2-. The lowest BCUT2D eigenvalue weighted by Crippen LogP contribution is -2.29. The summed E-state index contributed by atoms with van der Waals surface area (Å²) in [5.74, 6) is -0.375. The van der Waals surface area contributed by atoms with Gasteiger partial charge in [-0.05, 0) is 43.0 Å². The molecule has 1 fully saturated rings. The van der Waals surface area contributed by atoms with E-state index in [2.05, 4.69) is 0 Å². The summed E-state index contributed by atoms with van der Waals surface area (Å²) in [4.78, 5) is 25.0. The van der Waals surface area contributed by atoms with Crippen molar-refractivity contribution >= 4 is 46.3 Å². The molecule has 1 amide bonds. The number of carboxylic acids is 1. The normalized spacial score (nSPS) is 16.0. The molecule has 2 rings (SSSR count). The molecule has 0 spiro atoms. The number of ether oxygens (including phenoxy) is 1. The third-order valence-electron chi connectivity index (χ3n) is 3.55. The summed E-state index contributed by atoms with van der Waals surface area (Å²) < 4.78 is 5.65. The Kier molecular flexibility index (Phi) is 6.81. The van der Waals surface area contributed by atoms with Gasteiger partial charge in [-0.3, -0.25) is 9.69 Å². The number of amides is 1. The lowest BCUT2D eigenvalue weighted by atomic mass is 10.2. The van der Waals surface area contributed by atoms with Crippen LogP contribution in [0.2, 0.25) is 0 Å². The van der Waals surface area contributed by atoms with Gasteiger partial charge in [0.1, 0.15) is 10.1 Å². The maximum Gasteiger partial charge on any atom is 0.266 e. The average molecular weight is 364 g/mol. The number of carbonyl (C=O) groups is 2. The molecular weight excluding hydrogens is 346 g/mol. The zero-order valence-electron chi connectivity index (χ0n) is 13.3. The standard InChI is InChI=1S/C17H19NO4S2/c1-22-13-8-6-12(7-9-13)11-14-16(21)18(17(23)24-14)10-4-2-3-5-15(19)20/h6-9,11H,2-5,10H2,1H3,(H,19,20)/p-1. The van der Waals surface area contributed by atoms with Crippen molar-refractivity contribution < 1.29 is 19.4 Å². The predicted molar refractivity (Wildman–Crippen MR) is 96.3 cm³/mol. The lowest BCUT2D eigenvalue weighted by molar-refractivity contribution is -0.305. The van der Waals surface area contributed by atoms with Crippen molar-refractivity contribution in [3.8, 4) is 5.75 Å². The van der Waals surface area contributed by atoms with Crippen LogP contribution in [-0.2, 0) is 9.59 Å². The Morgan fingerprint density at radius 2 is 2.00 bits per heavy atom. The Morgan fingerprint density at radius 1 is 1.29 bits per heavy atom. The Hall–Kier alpha value is -1.86. The first kappa shape index (κ1) is 18.5. The number of thiocarbonyl (C=S) groups is 1. The number of unbranched alkanes of at least 4 members (excludes halogenated alkanes) is 2. The third-order valence-corrected chi connectivity index (χ3v) is 4.93. The van der Waals surface area contributed by atoms with Crippen molar-refractivity contribution in [1.29, 1.82) is 0 Å². The molecule has 0 bridgehead atoms. The van der Waals surface area contributed by atoms with Gasteiger partial charge in [0.25, 0.3) is 5.91 Å². The minimum absolute atomic E-state index is 0.0514. The van der Waals surface area contributed by atoms with Gasteiger partial charge in [0.05, 0.1) is 12.0 Å². The fraction of sp³-hybridized carbons (Fsp3) is 0.353. The fourth-order valence-corrected chi connectivity index (χ4v) is 3.57. The van der Waals surface area contributed by atoms with E-state index in [9.17, 15) is 14.7 Å². The molecule has 7 heteroatoms. The predicted octanol–water partition coefficient (Wildman–Crippen LogP) is 2.21. The molecule has 5 nitrogen and oxygen atoms in total. The number of rotatable bonds is 8. The molecule has 0 aliphatic carbocycles. The van der Waals surface area contributed by atoms with E-state index < -0.39 is 5.97 Å². The number of carboxylic acid groups (broad SMARTS) is 1. The van der Waals surface area contributed by atoms with Crippen LogP contribution < -0.4 is 9.84 Å². The van der Waals surface area contributed by atoms with Crippen molar-refractivity contribution in [2.75, 3.05) is 13.7 Å². The van der Waals surface area contributed by atoms with E-state index >= 15 is 0 Å². The van der Waals surface area contributed by atoms with Gasteiger partial charge in [-0.1, -0.05) is 42.5 Å². The fourth-order valence-electron chi connectivity index (χ4n) is 2.26. The number of thioether (sulfide) groups is 1. The van der Waals surface area contributed by atoms with Crippen LogP contribution in [0.3, 0.4) is 0 Å². The number of hydrogen-bond acceptors (Lipinski definition) is 6. The topological polar surface area (TPSA) is 69.7 Å². The first-order chi connectivity index (χ1) is 11.5. The minimum Gasteiger partial charge on any atom is -0.550 e. The molecule has 0 aromatic heterocycles. The highest BCUT2D eigenvalue weighted by molar-refractivity contribution is 8.26. The molecule has 1 aromatic carbocycles. The zero-order valence-corrected chi connectivity index (χ0v) is 15.0. The van der Waals surface area contributed by atoms with E-state index in [4.69, 9.17) is 17.0 Å². The Bertz CT molecular complexity index is 655. The molecule has 0 N–H and O–H groups in total. The molecule has 0 unspecified atom stereocenters. The highest BCUT2D eigenvalue weighted by Gasteiger charge is 2.31. The first-order valence-corrected chi connectivity index (χ1v) is 8.83. The van der Waals surface area contributed by atoms with Crippen LogP contribution >= 0.6 is 24.0 Å². The van der Waals surface area contributed by atoms with Crippen LogP contribution in [0.4, 0.5) is 0 Å². The van der Waals surface area contributed by atoms with Crippen molar-refractivity contribution in [3.63, 3.8) is 0 Å². The molecule has 1 aliphatic heterocycles. The van der Waals surface area contributed by atoms with E-state index in [-0.39, 0.29) is 12.3 Å². The first-order valence-electron chi connectivity index (χ1n) is 7.60. The van der Waals surface area contributed by atoms with E-state index in [1.165, 1.54) is 11.8 Å². The third kappa shape index (κ3) is 5.07. The maximum absolute atomic E-state index is 12.4. The van der Waals surface area contributed by atoms with Gasteiger partial charge in [-0.25, -0.2) is 0 Å².